The van der Waals surface area contributed by atoms with Crippen LogP contribution in [0.4, 0.5) is 11.4 Å². The molecule has 1 amide bonds. The van der Waals surface area contributed by atoms with E-state index in [1.54, 1.807) is 0 Å². The van der Waals surface area contributed by atoms with Crippen LogP contribution in [0.5, 0.6) is 5.75 Å². The van der Waals surface area contributed by atoms with Gasteiger partial charge < -0.3 is 10.8 Å². The summed E-state index contributed by atoms with van der Waals surface area (Å²) in [4.78, 5) is 25.7. The lowest BCUT2D eigenvalue weighted by atomic mass is 10.2. The second kappa shape index (κ2) is 7.51. The number of hydrogen-bond acceptors (Lipinski definition) is 7. The molecule has 2 aromatic rings. The van der Waals surface area contributed by atoms with Gasteiger partial charge in [-0.1, -0.05) is 34.8 Å². The average molecular weight is 405 g/mol. The van der Waals surface area contributed by atoms with Gasteiger partial charge in [-0.3, -0.25) is 14.9 Å². The number of nitro benzene ring substituents is 1. The number of nitrogens with one attached hydrogen (secondary N) is 1. The van der Waals surface area contributed by atoms with Crippen molar-refractivity contribution in [2.24, 2.45) is 5.10 Å². The number of phenols is 1. The first-order valence-electron chi connectivity index (χ1n) is 6.33. The number of phenolic OH excluding ortho intramolecular Hbond substituents is 1. The molecule has 0 bridgehead atoms. The molecule has 0 aliphatic heterocycles. The molecule has 4 N–H and O–H groups in total. The average Bonchev–Trinajstić information content (AvgIpc) is 2.57. The molecule has 1 aromatic heterocycles. The van der Waals surface area contributed by atoms with Gasteiger partial charge in [-0.25, -0.2) is 10.4 Å². The van der Waals surface area contributed by atoms with Gasteiger partial charge in [-0.05, 0) is 12.1 Å². The van der Waals surface area contributed by atoms with Crippen LogP contribution in [0.25, 0.3) is 0 Å². The van der Waals surface area contributed by atoms with E-state index < -0.39 is 22.3 Å². The molecule has 0 saturated heterocycles. The first kappa shape index (κ1) is 18.7. The molecule has 0 spiro atoms. The molecule has 0 fully saturated rings. The zero-order chi connectivity index (χ0) is 18.7. The monoisotopic (exact) mass is 403 g/mol. The van der Waals surface area contributed by atoms with Gasteiger partial charge in [0, 0.05) is 11.6 Å². The predicted octanol–water partition coefficient (Wildman–Crippen LogP) is 3.00. The maximum atomic E-state index is 12.0. The molecule has 9 nitrogen and oxygen atoms in total. The van der Waals surface area contributed by atoms with Crippen molar-refractivity contribution in [1.29, 1.82) is 0 Å². The zero-order valence-electron chi connectivity index (χ0n) is 12.0. The highest BCUT2D eigenvalue weighted by molar-refractivity contribution is 6.46. The molecule has 2 rings (SSSR count). The van der Waals surface area contributed by atoms with Gasteiger partial charge in [0.1, 0.15) is 5.02 Å². The van der Waals surface area contributed by atoms with Gasteiger partial charge in [-0.15, -0.1) is 0 Å². The van der Waals surface area contributed by atoms with Crippen molar-refractivity contribution >= 4 is 58.3 Å². The molecule has 12 heteroatoms. The molecule has 0 saturated carbocycles. The number of rotatable bonds is 4. The number of nitrogen functional groups attached to an aromatic ring is 1. The normalized spacial score (nSPS) is 10.8. The fraction of sp³-hybridized carbons (Fsp3) is 0. The van der Waals surface area contributed by atoms with Crippen LogP contribution in [0.2, 0.25) is 15.2 Å². The van der Waals surface area contributed by atoms with Gasteiger partial charge in [0.05, 0.1) is 21.8 Å². The number of pyridine rings is 1. The highest BCUT2D eigenvalue weighted by Gasteiger charge is 2.19. The van der Waals surface area contributed by atoms with E-state index in [-0.39, 0.29) is 32.1 Å². The van der Waals surface area contributed by atoms with E-state index >= 15 is 0 Å². The van der Waals surface area contributed by atoms with E-state index in [1.807, 2.05) is 0 Å². The van der Waals surface area contributed by atoms with Crippen molar-refractivity contribution in [2.75, 3.05) is 5.73 Å². The van der Waals surface area contributed by atoms with E-state index in [9.17, 15) is 20.0 Å². The molecule has 0 aliphatic carbocycles. The van der Waals surface area contributed by atoms with Gasteiger partial charge in [0.2, 0.25) is 0 Å². The van der Waals surface area contributed by atoms with E-state index in [0.717, 1.165) is 18.3 Å². The summed E-state index contributed by atoms with van der Waals surface area (Å²) in [5.41, 5.74) is 7.09. The number of carbonyl (C=O) groups is 1. The first-order valence-corrected chi connectivity index (χ1v) is 7.46. The molecule has 1 aromatic carbocycles. The number of nitrogens with two attached hydrogens (primary N) is 1. The molecule has 0 radical (unpaired) electrons. The Morgan fingerprint density at radius 3 is 2.68 bits per heavy atom. The molecular weight excluding hydrogens is 397 g/mol. The largest absolute Gasteiger partial charge is 0.502 e. The fourth-order valence-electron chi connectivity index (χ4n) is 1.67. The minimum atomic E-state index is -0.820. The minimum Gasteiger partial charge on any atom is -0.502 e. The molecule has 0 aliphatic rings. The number of aromatic nitrogens is 1. The summed E-state index contributed by atoms with van der Waals surface area (Å²) in [6.07, 6.45) is 1.12. The van der Waals surface area contributed by atoms with Crippen LogP contribution in [0.1, 0.15) is 16.1 Å². The van der Waals surface area contributed by atoms with E-state index in [4.69, 9.17) is 40.5 Å². The number of nitrogens with zero attached hydrogens (tertiary/aromatic N) is 3. The third-order valence-corrected chi connectivity index (χ3v) is 4.00. The Bertz CT molecular complexity index is 904. The number of carbonyl (C=O) groups excluding carboxylic acids is 1. The van der Waals surface area contributed by atoms with Crippen LogP contribution in [-0.2, 0) is 0 Å². The van der Waals surface area contributed by atoms with Crippen molar-refractivity contribution in [2.45, 2.75) is 0 Å². The number of amides is 1. The lowest BCUT2D eigenvalue weighted by Crippen LogP contribution is -2.20. The van der Waals surface area contributed by atoms with E-state index in [1.165, 1.54) is 6.07 Å². The molecule has 130 valence electrons. The molecular formula is C13H8Cl3N5O4. The second-order valence-corrected chi connectivity index (χ2v) is 5.61. The lowest BCUT2D eigenvalue weighted by molar-refractivity contribution is -0.385. The highest BCUT2D eigenvalue weighted by Crippen LogP contribution is 2.34. The van der Waals surface area contributed by atoms with Crippen LogP contribution in [0, 0.1) is 10.1 Å². The molecule has 0 atom stereocenters. The Labute approximate surface area is 155 Å². The number of hydrogen-bond donors (Lipinski definition) is 3. The van der Waals surface area contributed by atoms with Gasteiger partial charge in [0.25, 0.3) is 5.91 Å². The second-order valence-electron chi connectivity index (χ2n) is 4.50. The summed E-state index contributed by atoms with van der Waals surface area (Å²) in [7, 11) is 0. The molecule has 25 heavy (non-hydrogen) atoms. The lowest BCUT2D eigenvalue weighted by Gasteiger charge is -2.07. The minimum absolute atomic E-state index is 0.0804. The van der Waals surface area contributed by atoms with Gasteiger partial charge >= 0.3 is 5.69 Å². The number of hydrazone groups is 1. The zero-order valence-corrected chi connectivity index (χ0v) is 14.3. The summed E-state index contributed by atoms with van der Waals surface area (Å²) in [5.74, 6) is -1.31. The van der Waals surface area contributed by atoms with Crippen LogP contribution in [-0.4, -0.2) is 27.1 Å². The van der Waals surface area contributed by atoms with Crippen molar-refractivity contribution in [3.8, 4) is 5.75 Å². The Hall–Kier alpha value is -2.62. The quantitative estimate of drug-likeness (QED) is 0.309. The van der Waals surface area contributed by atoms with Crippen molar-refractivity contribution in [3.63, 3.8) is 0 Å². The SMILES string of the molecule is Nc1c(Cl)c(Cl)nc(C(=O)N/N=C/c2ccc(O)c([N+](=O)[O-])c2)c1Cl. The number of aromatic hydroxyl groups is 1. The Morgan fingerprint density at radius 1 is 1.36 bits per heavy atom. The third kappa shape index (κ3) is 4.08. The first-order chi connectivity index (χ1) is 11.7. The fourth-order valence-corrected chi connectivity index (χ4v) is 2.26. The standard InChI is InChI=1S/C13H8Cl3N5O4/c14-8-10(17)9(15)12(16)19-11(8)13(23)20-18-4-5-1-2-7(22)6(3-5)21(24)25/h1-4,22H,(H2,17,19)(H,20,23)/b18-4+. The maximum absolute atomic E-state index is 12.0. The third-order valence-electron chi connectivity index (χ3n) is 2.86. The summed E-state index contributed by atoms with van der Waals surface area (Å²) in [5, 5.41) is 23.3. The van der Waals surface area contributed by atoms with Gasteiger partial charge in [-0.2, -0.15) is 5.10 Å². The predicted molar refractivity (Wildman–Crippen MR) is 93.5 cm³/mol. The maximum Gasteiger partial charge on any atom is 0.311 e. The van der Waals surface area contributed by atoms with E-state index in [0.29, 0.717) is 0 Å². The topological polar surface area (TPSA) is 144 Å². The number of anilines is 1. The Balaban J connectivity index is 2.19. The van der Waals surface area contributed by atoms with Crippen molar-refractivity contribution < 1.29 is 14.8 Å². The van der Waals surface area contributed by atoms with Crippen LogP contribution >= 0.6 is 34.8 Å². The summed E-state index contributed by atoms with van der Waals surface area (Å²) in [6, 6.07) is 3.56. The number of halogens is 3. The van der Waals surface area contributed by atoms with E-state index in [2.05, 4.69) is 15.5 Å². The Kier molecular flexibility index (Phi) is 5.62. The molecule has 1 heterocycles. The summed E-state index contributed by atoms with van der Waals surface area (Å²) in [6.45, 7) is 0. The number of nitro groups is 1. The van der Waals surface area contributed by atoms with Gasteiger partial charge in [0.15, 0.2) is 16.6 Å². The smallest absolute Gasteiger partial charge is 0.311 e. The Morgan fingerprint density at radius 2 is 2.04 bits per heavy atom. The highest BCUT2D eigenvalue weighted by atomic mass is 35.5. The van der Waals surface area contributed by atoms with Crippen molar-refractivity contribution in [3.05, 3.63) is 54.8 Å². The van der Waals surface area contributed by atoms with Crippen LogP contribution in [0.3, 0.4) is 0 Å². The molecule has 0 unspecified atom stereocenters. The number of benzene rings is 1. The van der Waals surface area contributed by atoms with Crippen LogP contribution in [0.15, 0.2) is 23.3 Å². The summed E-state index contributed by atoms with van der Waals surface area (Å²) < 4.78 is 0. The van der Waals surface area contributed by atoms with Crippen LogP contribution < -0.4 is 11.2 Å². The summed E-state index contributed by atoms with van der Waals surface area (Å²) >= 11 is 17.4. The van der Waals surface area contributed by atoms with Crippen molar-refractivity contribution in [1.82, 2.24) is 10.4 Å².